The molecule has 0 saturated carbocycles. The van der Waals surface area contributed by atoms with E-state index in [4.69, 9.17) is 0 Å². The van der Waals surface area contributed by atoms with Crippen LogP contribution < -0.4 is 5.32 Å². The summed E-state index contributed by atoms with van der Waals surface area (Å²) >= 11 is 0. The molecule has 62 valence electrons. The third-order valence-corrected chi connectivity index (χ3v) is 1.85. The van der Waals surface area contributed by atoms with Crippen LogP contribution in [-0.2, 0) is 4.79 Å². The van der Waals surface area contributed by atoms with E-state index in [1.807, 2.05) is 0 Å². The molecule has 2 N–H and O–H groups in total. The predicted octanol–water partition coefficient (Wildman–Crippen LogP) is 0.287. The average molecular weight is 164 g/mol. The molecule has 0 aromatic carbocycles. The highest BCUT2D eigenvalue weighted by molar-refractivity contribution is 6.27. The summed E-state index contributed by atoms with van der Waals surface area (Å²) < 4.78 is 0. The van der Waals surface area contributed by atoms with Gasteiger partial charge < -0.3 is 10.4 Å². The van der Waals surface area contributed by atoms with Gasteiger partial charge in [-0.05, 0) is 6.08 Å². The number of fused-ring (bicyclic) bond motifs is 1. The van der Waals surface area contributed by atoms with Crippen LogP contribution in [0.25, 0.3) is 0 Å². The molecule has 12 heavy (non-hydrogen) atoms. The van der Waals surface area contributed by atoms with Gasteiger partial charge in [0.05, 0.1) is 5.71 Å². The summed E-state index contributed by atoms with van der Waals surface area (Å²) in [6.07, 6.45) is 3.96. The molecule has 2 aliphatic rings. The van der Waals surface area contributed by atoms with Gasteiger partial charge in [0, 0.05) is 6.42 Å². The topological polar surface area (TPSA) is 61.7 Å². The minimum Gasteiger partial charge on any atom is -0.511 e. The number of carbonyl (C=O) groups is 1. The zero-order valence-electron chi connectivity index (χ0n) is 6.37. The molecule has 0 unspecified atom stereocenters. The van der Waals surface area contributed by atoms with E-state index >= 15 is 0 Å². The van der Waals surface area contributed by atoms with Crippen LogP contribution in [0.2, 0.25) is 0 Å². The summed E-state index contributed by atoms with van der Waals surface area (Å²) in [6, 6.07) is 0. The lowest BCUT2D eigenvalue weighted by molar-refractivity contribution is -0.117. The first kappa shape index (κ1) is 7.09. The Kier molecular flexibility index (Phi) is 1.46. The third kappa shape index (κ3) is 0.922. The van der Waals surface area contributed by atoms with Crippen molar-refractivity contribution in [2.45, 2.75) is 6.42 Å². The van der Waals surface area contributed by atoms with Crippen LogP contribution in [-0.4, -0.2) is 23.4 Å². The predicted molar refractivity (Wildman–Crippen MR) is 43.9 cm³/mol. The normalized spacial score (nSPS) is 21.7. The zero-order chi connectivity index (χ0) is 8.55. The van der Waals surface area contributed by atoms with Gasteiger partial charge in [-0.25, -0.2) is 0 Å². The van der Waals surface area contributed by atoms with Crippen molar-refractivity contribution in [3.8, 4) is 0 Å². The number of hydrogen-bond acceptors (Lipinski definition) is 3. The Labute approximate surface area is 69.3 Å². The van der Waals surface area contributed by atoms with Crippen LogP contribution in [0.1, 0.15) is 6.42 Å². The maximum Gasteiger partial charge on any atom is 0.258 e. The summed E-state index contributed by atoms with van der Waals surface area (Å²) in [5.41, 5.74) is 0.909. The molecule has 0 fully saturated rings. The van der Waals surface area contributed by atoms with Crippen molar-refractivity contribution in [2.75, 3.05) is 6.67 Å². The Morgan fingerprint density at radius 2 is 2.42 bits per heavy atom. The number of nitrogens with one attached hydrogen (secondary N) is 1. The van der Waals surface area contributed by atoms with E-state index in [9.17, 15) is 9.90 Å². The monoisotopic (exact) mass is 164 g/mol. The second-order valence-electron chi connectivity index (χ2n) is 2.64. The van der Waals surface area contributed by atoms with Crippen molar-refractivity contribution in [3.63, 3.8) is 0 Å². The molecule has 4 heteroatoms. The Hall–Kier alpha value is -1.58. The second kappa shape index (κ2) is 2.48. The van der Waals surface area contributed by atoms with Gasteiger partial charge in [-0.2, -0.15) is 0 Å². The van der Waals surface area contributed by atoms with Crippen molar-refractivity contribution in [3.05, 3.63) is 23.5 Å². The highest BCUT2D eigenvalue weighted by Crippen LogP contribution is 2.17. The number of aliphatic hydroxyl groups is 1. The van der Waals surface area contributed by atoms with Gasteiger partial charge in [-0.1, -0.05) is 6.08 Å². The minimum atomic E-state index is -0.234. The molecule has 0 radical (unpaired) electrons. The fourth-order valence-corrected chi connectivity index (χ4v) is 1.28. The second-order valence-corrected chi connectivity index (χ2v) is 2.64. The van der Waals surface area contributed by atoms with Crippen LogP contribution >= 0.6 is 0 Å². The molecule has 1 amide bonds. The molecular weight excluding hydrogens is 156 g/mol. The summed E-state index contributed by atoms with van der Waals surface area (Å²) in [7, 11) is 0. The zero-order valence-corrected chi connectivity index (χ0v) is 6.37. The lowest BCUT2D eigenvalue weighted by atomic mass is 10.0. The van der Waals surface area contributed by atoms with E-state index in [0.29, 0.717) is 24.4 Å². The molecule has 0 bridgehead atoms. The molecule has 4 nitrogen and oxygen atoms in total. The largest absolute Gasteiger partial charge is 0.511 e. The molecule has 1 aliphatic heterocycles. The maximum atomic E-state index is 11.2. The number of allylic oxidation sites excluding steroid dienone is 2. The number of amides is 1. The Morgan fingerprint density at radius 3 is 3.17 bits per heavy atom. The van der Waals surface area contributed by atoms with E-state index in [0.717, 1.165) is 0 Å². The third-order valence-electron chi connectivity index (χ3n) is 1.85. The van der Waals surface area contributed by atoms with Gasteiger partial charge in [0.25, 0.3) is 5.91 Å². The molecule has 0 aromatic heterocycles. The Bertz CT molecular complexity index is 326. The molecule has 0 aromatic rings. The SMILES string of the molecule is O=C1NCN=C2C=CCC(O)=C12. The van der Waals surface area contributed by atoms with Gasteiger partial charge >= 0.3 is 0 Å². The highest BCUT2D eigenvalue weighted by atomic mass is 16.3. The summed E-state index contributed by atoms with van der Waals surface area (Å²) in [5, 5.41) is 11.9. The van der Waals surface area contributed by atoms with Gasteiger partial charge in [-0.3, -0.25) is 9.79 Å². The highest BCUT2D eigenvalue weighted by Gasteiger charge is 2.23. The van der Waals surface area contributed by atoms with Crippen molar-refractivity contribution in [1.82, 2.24) is 5.32 Å². The number of nitrogens with zero attached hydrogens (tertiary/aromatic N) is 1. The van der Waals surface area contributed by atoms with E-state index in [2.05, 4.69) is 10.3 Å². The van der Waals surface area contributed by atoms with Crippen LogP contribution in [0.15, 0.2) is 28.5 Å². The quantitative estimate of drug-likeness (QED) is 0.540. The van der Waals surface area contributed by atoms with Crippen molar-refractivity contribution in [2.24, 2.45) is 4.99 Å². The summed E-state index contributed by atoms with van der Waals surface area (Å²) in [5.74, 6) is -0.129. The molecule has 0 atom stereocenters. The molecule has 1 heterocycles. The van der Waals surface area contributed by atoms with Crippen LogP contribution in [0.5, 0.6) is 0 Å². The van der Waals surface area contributed by atoms with Crippen molar-refractivity contribution in [1.29, 1.82) is 0 Å². The number of carbonyl (C=O) groups excluding carboxylic acids is 1. The smallest absolute Gasteiger partial charge is 0.258 e. The van der Waals surface area contributed by atoms with Crippen LogP contribution in [0, 0.1) is 0 Å². The fourth-order valence-electron chi connectivity index (χ4n) is 1.28. The van der Waals surface area contributed by atoms with E-state index in [1.54, 1.807) is 12.2 Å². The summed E-state index contributed by atoms with van der Waals surface area (Å²) in [4.78, 5) is 15.2. The minimum absolute atomic E-state index is 0.105. The molecule has 2 rings (SSSR count). The number of rotatable bonds is 0. The van der Waals surface area contributed by atoms with Crippen LogP contribution in [0.4, 0.5) is 0 Å². The number of aliphatic imine (C=N–C) groups is 1. The molecule has 1 aliphatic carbocycles. The number of aliphatic hydroxyl groups excluding tert-OH is 1. The first-order valence-corrected chi connectivity index (χ1v) is 3.70. The van der Waals surface area contributed by atoms with Gasteiger partial charge in [-0.15, -0.1) is 0 Å². The lowest BCUT2D eigenvalue weighted by Crippen LogP contribution is -2.35. The fraction of sp³-hybridized carbons (Fsp3) is 0.250. The van der Waals surface area contributed by atoms with Crippen molar-refractivity contribution < 1.29 is 9.90 Å². The molecular formula is C8H8N2O2. The lowest BCUT2D eigenvalue weighted by Gasteiger charge is -2.17. The summed E-state index contributed by atoms with van der Waals surface area (Å²) in [6.45, 7) is 0.301. The molecule has 0 spiro atoms. The van der Waals surface area contributed by atoms with E-state index in [-0.39, 0.29) is 11.7 Å². The van der Waals surface area contributed by atoms with E-state index < -0.39 is 0 Å². The van der Waals surface area contributed by atoms with Crippen molar-refractivity contribution >= 4 is 11.6 Å². The average Bonchev–Trinajstić information content (AvgIpc) is 2.04. The van der Waals surface area contributed by atoms with Gasteiger partial charge in [0.2, 0.25) is 0 Å². The first-order chi connectivity index (χ1) is 5.79. The van der Waals surface area contributed by atoms with Gasteiger partial charge in [0.15, 0.2) is 0 Å². The number of hydrogen-bond donors (Lipinski definition) is 2. The maximum absolute atomic E-state index is 11.2. The Morgan fingerprint density at radius 1 is 1.58 bits per heavy atom. The Balaban J connectivity index is 2.50. The standard InChI is InChI=1S/C8H8N2O2/c11-6-3-1-2-5-7(6)8(12)10-4-9-5/h1-2,11H,3-4H2,(H,10,12). The first-order valence-electron chi connectivity index (χ1n) is 3.70. The van der Waals surface area contributed by atoms with Gasteiger partial charge in [0.1, 0.15) is 18.0 Å². The van der Waals surface area contributed by atoms with Crippen LogP contribution in [0.3, 0.4) is 0 Å². The van der Waals surface area contributed by atoms with E-state index in [1.165, 1.54) is 0 Å². The molecule has 0 saturated heterocycles.